The molecule has 1 unspecified atom stereocenters. The standard InChI is InChI=1S/C12H20N2O2S/c1-4-17(15,16)12-7-5-11(6-8-12)14-9-10(2)13-3/h5-8,10,13-14H,4,9H2,1-3H3. The lowest BCUT2D eigenvalue weighted by Gasteiger charge is -2.12. The van der Waals surface area contributed by atoms with E-state index >= 15 is 0 Å². The van der Waals surface area contributed by atoms with Crippen molar-refractivity contribution in [1.82, 2.24) is 5.32 Å². The van der Waals surface area contributed by atoms with Crippen molar-refractivity contribution in [2.75, 3.05) is 24.7 Å². The van der Waals surface area contributed by atoms with Gasteiger partial charge < -0.3 is 10.6 Å². The second-order valence-electron chi connectivity index (χ2n) is 4.00. The van der Waals surface area contributed by atoms with Crippen molar-refractivity contribution in [1.29, 1.82) is 0 Å². The summed E-state index contributed by atoms with van der Waals surface area (Å²) in [7, 11) is -1.18. The van der Waals surface area contributed by atoms with Gasteiger partial charge in [0, 0.05) is 18.3 Å². The summed E-state index contributed by atoms with van der Waals surface area (Å²) in [5, 5.41) is 6.36. The quantitative estimate of drug-likeness (QED) is 0.810. The summed E-state index contributed by atoms with van der Waals surface area (Å²) < 4.78 is 23.2. The highest BCUT2D eigenvalue weighted by atomic mass is 32.2. The van der Waals surface area contributed by atoms with E-state index in [2.05, 4.69) is 17.6 Å². The predicted octanol–water partition coefficient (Wildman–Crippen LogP) is 1.50. The van der Waals surface area contributed by atoms with Gasteiger partial charge in [0.05, 0.1) is 10.6 Å². The van der Waals surface area contributed by atoms with Crippen LogP contribution >= 0.6 is 0 Å². The molecule has 0 saturated carbocycles. The number of likely N-dealkylation sites (N-methyl/N-ethyl adjacent to an activating group) is 1. The number of nitrogens with one attached hydrogen (secondary N) is 2. The number of sulfone groups is 1. The van der Waals surface area contributed by atoms with Gasteiger partial charge in [0.15, 0.2) is 9.84 Å². The fourth-order valence-corrected chi connectivity index (χ4v) is 2.20. The largest absolute Gasteiger partial charge is 0.383 e. The zero-order valence-corrected chi connectivity index (χ0v) is 11.3. The maximum absolute atomic E-state index is 11.6. The number of hydrogen-bond donors (Lipinski definition) is 2. The summed E-state index contributed by atoms with van der Waals surface area (Å²) in [5.74, 6) is 0.135. The Morgan fingerprint density at radius 1 is 1.24 bits per heavy atom. The van der Waals surface area contributed by atoms with Gasteiger partial charge in [-0.25, -0.2) is 8.42 Å². The third kappa shape index (κ3) is 4.02. The van der Waals surface area contributed by atoms with Crippen molar-refractivity contribution >= 4 is 15.5 Å². The molecule has 0 saturated heterocycles. The first-order valence-electron chi connectivity index (χ1n) is 5.73. The molecule has 0 spiro atoms. The van der Waals surface area contributed by atoms with Gasteiger partial charge in [-0.1, -0.05) is 6.92 Å². The molecule has 1 aromatic rings. The summed E-state index contributed by atoms with van der Waals surface area (Å²) in [5.41, 5.74) is 0.933. The van der Waals surface area contributed by atoms with Gasteiger partial charge in [-0.15, -0.1) is 0 Å². The molecule has 5 heteroatoms. The molecular weight excluding hydrogens is 236 g/mol. The number of anilines is 1. The van der Waals surface area contributed by atoms with Crippen molar-refractivity contribution in [3.8, 4) is 0 Å². The third-order valence-electron chi connectivity index (χ3n) is 2.70. The Balaban J connectivity index is 2.69. The molecule has 0 bridgehead atoms. The molecule has 1 aromatic carbocycles. The molecule has 2 N–H and O–H groups in total. The van der Waals surface area contributed by atoms with Gasteiger partial charge in [-0.3, -0.25) is 0 Å². The molecule has 1 rings (SSSR count). The molecular formula is C12H20N2O2S. The van der Waals surface area contributed by atoms with Crippen LogP contribution in [-0.2, 0) is 9.84 Å². The van der Waals surface area contributed by atoms with Crippen molar-refractivity contribution in [2.24, 2.45) is 0 Å². The van der Waals surface area contributed by atoms with Crippen LogP contribution < -0.4 is 10.6 Å². The minimum absolute atomic E-state index is 0.135. The molecule has 0 aliphatic heterocycles. The van der Waals surface area contributed by atoms with Crippen LogP contribution in [0.5, 0.6) is 0 Å². The van der Waals surface area contributed by atoms with Crippen LogP contribution in [0.1, 0.15) is 13.8 Å². The predicted molar refractivity (Wildman–Crippen MR) is 71.2 cm³/mol. The smallest absolute Gasteiger partial charge is 0.178 e. The molecule has 1 atom stereocenters. The van der Waals surface area contributed by atoms with E-state index in [1.165, 1.54) is 0 Å². The zero-order chi connectivity index (χ0) is 12.9. The van der Waals surface area contributed by atoms with E-state index in [0.717, 1.165) is 12.2 Å². The molecule has 0 aliphatic carbocycles. The van der Waals surface area contributed by atoms with Crippen LogP contribution in [0, 0.1) is 0 Å². The highest BCUT2D eigenvalue weighted by molar-refractivity contribution is 7.91. The molecule has 0 fully saturated rings. The highest BCUT2D eigenvalue weighted by Gasteiger charge is 2.10. The molecule has 0 aromatic heterocycles. The Hall–Kier alpha value is -1.07. The van der Waals surface area contributed by atoms with E-state index in [1.54, 1.807) is 31.2 Å². The monoisotopic (exact) mass is 256 g/mol. The Kier molecular flexibility index (Phi) is 4.96. The van der Waals surface area contributed by atoms with E-state index in [0.29, 0.717) is 10.9 Å². The average molecular weight is 256 g/mol. The van der Waals surface area contributed by atoms with E-state index in [4.69, 9.17) is 0 Å². The molecule has 0 heterocycles. The van der Waals surface area contributed by atoms with Gasteiger partial charge >= 0.3 is 0 Å². The molecule has 0 aliphatic rings. The Labute approximate surface area is 103 Å². The fraction of sp³-hybridized carbons (Fsp3) is 0.500. The average Bonchev–Trinajstić information content (AvgIpc) is 2.36. The Morgan fingerprint density at radius 2 is 1.82 bits per heavy atom. The third-order valence-corrected chi connectivity index (χ3v) is 4.45. The topological polar surface area (TPSA) is 58.2 Å². The first-order valence-corrected chi connectivity index (χ1v) is 7.38. The Morgan fingerprint density at radius 3 is 2.29 bits per heavy atom. The van der Waals surface area contributed by atoms with E-state index in [9.17, 15) is 8.42 Å². The van der Waals surface area contributed by atoms with Crippen molar-refractivity contribution in [3.05, 3.63) is 24.3 Å². The molecule has 0 amide bonds. The van der Waals surface area contributed by atoms with Crippen LogP contribution in [0.2, 0.25) is 0 Å². The lowest BCUT2D eigenvalue weighted by molar-refractivity contribution is 0.597. The second-order valence-corrected chi connectivity index (χ2v) is 6.28. The SMILES string of the molecule is CCS(=O)(=O)c1ccc(NCC(C)NC)cc1. The van der Waals surface area contributed by atoms with Crippen LogP contribution in [0.15, 0.2) is 29.2 Å². The maximum atomic E-state index is 11.6. The van der Waals surface area contributed by atoms with Crippen molar-refractivity contribution in [3.63, 3.8) is 0 Å². The maximum Gasteiger partial charge on any atom is 0.178 e. The van der Waals surface area contributed by atoms with Crippen LogP contribution in [0.25, 0.3) is 0 Å². The minimum atomic E-state index is -3.09. The first kappa shape index (κ1) is 14.0. The van der Waals surface area contributed by atoms with E-state index in [-0.39, 0.29) is 5.75 Å². The lowest BCUT2D eigenvalue weighted by atomic mass is 10.3. The summed E-state index contributed by atoms with van der Waals surface area (Å²) in [6, 6.07) is 7.25. The molecule has 96 valence electrons. The normalized spacial score (nSPS) is 13.4. The molecule has 0 radical (unpaired) electrons. The summed E-state index contributed by atoms with van der Waals surface area (Å²) in [6.45, 7) is 4.52. The van der Waals surface area contributed by atoms with Gasteiger partial charge in [0.1, 0.15) is 0 Å². The zero-order valence-electron chi connectivity index (χ0n) is 10.5. The summed E-state index contributed by atoms with van der Waals surface area (Å²) >= 11 is 0. The Bertz CT molecular complexity index is 440. The summed E-state index contributed by atoms with van der Waals surface area (Å²) in [6.07, 6.45) is 0. The number of hydrogen-bond acceptors (Lipinski definition) is 4. The van der Waals surface area contributed by atoms with E-state index in [1.807, 2.05) is 7.05 Å². The molecule has 4 nitrogen and oxygen atoms in total. The summed E-state index contributed by atoms with van der Waals surface area (Å²) in [4.78, 5) is 0.382. The van der Waals surface area contributed by atoms with E-state index < -0.39 is 9.84 Å². The van der Waals surface area contributed by atoms with Crippen molar-refractivity contribution < 1.29 is 8.42 Å². The minimum Gasteiger partial charge on any atom is -0.383 e. The number of rotatable bonds is 6. The highest BCUT2D eigenvalue weighted by Crippen LogP contribution is 2.15. The van der Waals surface area contributed by atoms with Gasteiger partial charge in [-0.2, -0.15) is 0 Å². The van der Waals surface area contributed by atoms with Crippen LogP contribution in [-0.4, -0.2) is 33.8 Å². The first-order chi connectivity index (χ1) is 7.99. The fourth-order valence-electron chi connectivity index (χ4n) is 1.32. The number of benzene rings is 1. The van der Waals surface area contributed by atoms with Gasteiger partial charge in [0.25, 0.3) is 0 Å². The van der Waals surface area contributed by atoms with Crippen LogP contribution in [0.3, 0.4) is 0 Å². The van der Waals surface area contributed by atoms with Gasteiger partial charge in [-0.05, 0) is 38.2 Å². The second kappa shape index (κ2) is 6.02. The van der Waals surface area contributed by atoms with Crippen LogP contribution in [0.4, 0.5) is 5.69 Å². The lowest BCUT2D eigenvalue weighted by Crippen LogP contribution is -2.29. The molecule has 17 heavy (non-hydrogen) atoms. The van der Waals surface area contributed by atoms with Crippen molar-refractivity contribution in [2.45, 2.75) is 24.8 Å². The van der Waals surface area contributed by atoms with Gasteiger partial charge in [0.2, 0.25) is 0 Å².